The van der Waals surface area contributed by atoms with Gasteiger partial charge in [-0.15, -0.1) is 0 Å². The van der Waals surface area contributed by atoms with Crippen molar-refractivity contribution in [2.45, 2.75) is 25.9 Å². The number of carboxylic acids is 1. The molecule has 0 heterocycles. The minimum atomic E-state index is -1.10. The molecule has 0 aliphatic carbocycles. The van der Waals surface area contributed by atoms with Crippen LogP contribution in [0.1, 0.15) is 25.3 Å². The molecule has 1 aromatic rings. The van der Waals surface area contributed by atoms with Gasteiger partial charge in [0.25, 0.3) is 0 Å². The van der Waals surface area contributed by atoms with Crippen LogP contribution in [-0.4, -0.2) is 49.5 Å². The smallest absolute Gasteiger partial charge is 0.312 e. The predicted octanol–water partition coefficient (Wildman–Crippen LogP) is 1.55. The molecule has 0 spiro atoms. The molecule has 0 bridgehead atoms. The number of amides is 1. The van der Waals surface area contributed by atoms with E-state index in [9.17, 15) is 19.1 Å². The number of benzene rings is 1. The first-order valence-corrected chi connectivity index (χ1v) is 7.41. The molecule has 23 heavy (non-hydrogen) atoms. The van der Waals surface area contributed by atoms with Crippen LogP contribution in [0, 0.1) is 5.82 Å². The molecule has 2 unspecified atom stereocenters. The van der Waals surface area contributed by atoms with Crippen molar-refractivity contribution in [3.05, 3.63) is 35.6 Å². The number of ether oxygens (including phenoxy) is 2. The van der Waals surface area contributed by atoms with Crippen LogP contribution in [-0.2, 0) is 19.1 Å². The van der Waals surface area contributed by atoms with E-state index in [2.05, 4.69) is 5.32 Å². The summed E-state index contributed by atoms with van der Waals surface area (Å²) in [6.45, 7) is 4.58. The Morgan fingerprint density at radius 3 is 2.48 bits per heavy atom. The van der Waals surface area contributed by atoms with Gasteiger partial charge >= 0.3 is 5.97 Å². The molecule has 1 aromatic carbocycles. The topological polar surface area (TPSA) is 84.9 Å². The quantitative estimate of drug-likeness (QED) is 0.637. The number of rotatable bonds is 10. The van der Waals surface area contributed by atoms with Gasteiger partial charge in [0.05, 0.1) is 19.1 Å². The summed E-state index contributed by atoms with van der Waals surface area (Å²) in [5, 5.41) is 11.8. The Balaban J connectivity index is 2.50. The van der Waals surface area contributed by atoms with Gasteiger partial charge in [-0.1, -0.05) is 12.1 Å². The number of hydrogen-bond acceptors (Lipinski definition) is 4. The molecular weight excluding hydrogens is 305 g/mol. The number of carbonyl (C=O) groups excluding carboxylic acids is 1. The summed E-state index contributed by atoms with van der Waals surface area (Å²) >= 11 is 0. The van der Waals surface area contributed by atoms with E-state index in [4.69, 9.17) is 9.47 Å². The maximum Gasteiger partial charge on any atom is 0.312 e. The van der Waals surface area contributed by atoms with E-state index in [1.807, 2.05) is 6.92 Å². The van der Waals surface area contributed by atoms with Gasteiger partial charge in [0, 0.05) is 13.2 Å². The second-order valence-corrected chi connectivity index (χ2v) is 4.90. The summed E-state index contributed by atoms with van der Waals surface area (Å²) in [5.74, 6) is -2.90. The van der Waals surface area contributed by atoms with Crippen molar-refractivity contribution >= 4 is 11.9 Å². The number of hydrogen-bond donors (Lipinski definition) is 2. The van der Waals surface area contributed by atoms with Crippen LogP contribution >= 0.6 is 0 Å². The van der Waals surface area contributed by atoms with Gasteiger partial charge in [-0.2, -0.15) is 0 Å². The average Bonchev–Trinajstić information content (AvgIpc) is 2.52. The Hall–Kier alpha value is -1.99. The standard InChI is InChI=1S/C16H22FNO5/c1-3-22-8-9-23-11(2)15(19)18-10-14(16(20)21)12-4-6-13(17)7-5-12/h4-7,11,14H,3,8-10H2,1-2H3,(H,18,19)(H,20,21). The van der Waals surface area contributed by atoms with E-state index in [0.29, 0.717) is 18.8 Å². The fourth-order valence-electron chi connectivity index (χ4n) is 1.89. The second kappa shape index (κ2) is 9.91. The SMILES string of the molecule is CCOCCOC(C)C(=O)NCC(C(=O)O)c1ccc(F)cc1. The molecule has 2 atom stereocenters. The Kier molecular flexibility index (Phi) is 8.21. The van der Waals surface area contributed by atoms with Crippen molar-refractivity contribution in [3.8, 4) is 0 Å². The van der Waals surface area contributed by atoms with Crippen LogP contribution in [0.3, 0.4) is 0 Å². The molecule has 1 rings (SSSR count). The zero-order chi connectivity index (χ0) is 17.2. The zero-order valence-electron chi connectivity index (χ0n) is 13.3. The van der Waals surface area contributed by atoms with Crippen molar-refractivity contribution in [1.29, 1.82) is 0 Å². The average molecular weight is 327 g/mol. The van der Waals surface area contributed by atoms with Gasteiger partial charge in [0.2, 0.25) is 5.91 Å². The maximum absolute atomic E-state index is 12.9. The van der Waals surface area contributed by atoms with Crippen molar-refractivity contribution in [3.63, 3.8) is 0 Å². The first kappa shape index (κ1) is 19.1. The van der Waals surface area contributed by atoms with E-state index in [0.717, 1.165) is 0 Å². The Morgan fingerprint density at radius 2 is 1.91 bits per heavy atom. The Morgan fingerprint density at radius 1 is 1.26 bits per heavy atom. The number of carbonyl (C=O) groups is 2. The molecule has 0 fully saturated rings. The molecule has 1 amide bonds. The predicted molar refractivity (Wildman–Crippen MR) is 81.7 cm³/mol. The van der Waals surface area contributed by atoms with Crippen LogP contribution in [0.15, 0.2) is 24.3 Å². The molecule has 0 radical (unpaired) electrons. The molecule has 0 aliphatic rings. The Bertz CT molecular complexity index is 506. The molecule has 0 saturated carbocycles. The molecular formula is C16H22FNO5. The summed E-state index contributed by atoms with van der Waals surface area (Å²) in [6.07, 6.45) is -0.710. The summed E-state index contributed by atoms with van der Waals surface area (Å²) < 4.78 is 23.3. The fraction of sp³-hybridized carbons (Fsp3) is 0.500. The highest BCUT2D eigenvalue weighted by Gasteiger charge is 2.22. The van der Waals surface area contributed by atoms with Gasteiger partial charge in [-0.3, -0.25) is 9.59 Å². The minimum Gasteiger partial charge on any atom is -0.481 e. The van der Waals surface area contributed by atoms with Gasteiger partial charge in [0.1, 0.15) is 11.9 Å². The molecule has 7 heteroatoms. The van der Waals surface area contributed by atoms with Crippen molar-refractivity contribution in [1.82, 2.24) is 5.32 Å². The maximum atomic E-state index is 12.9. The number of halogens is 1. The molecule has 128 valence electrons. The summed E-state index contributed by atoms with van der Waals surface area (Å²) in [7, 11) is 0. The summed E-state index contributed by atoms with van der Waals surface area (Å²) in [6, 6.07) is 5.16. The molecule has 2 N–H and O–H groups in total. The van der Waals surface area contributed by atoms with Crippen LogP contribution in [0.25, 0.3) is 0 Å². The monoisotopic (exact) mass is 327 g/mol. The van der Waals surface area contributed by atoms with Crippen LogP contribution < -0.4 is 5.32 Å². The van der Waals surface area contributed by atoms with E-state index in [1.165, 1.54) is 24.3 Å². The van der Waals surface area contributed by atoms with E-state index in [-0.39, 0.29) is 13.2 Å². The normalized spacial score (nSPS) is 13.3. The van der Waals surface area contributed by atoms with Crippen LogP contribution in [0.5, 0.6) is 0 Å². The van der Waals surface area contributed by atoms with Crippen LogP contribution in [0.2, 0.25) is 0 Å². The highest BCUT2D eigenvalue weighted by molar-refractivity contribution is 5.82. The number of carboxylic acid groups (broad SMARTS) is 1. The lowest BCUT2D eigenvalue weighted by Crippen LogP contribution is -2.38. The van der Waals surface area contributed by atoms with Crippen molar-refractivity contribution in [2.24, 2.45) is 0 Å². The van der Waals surface area contributed by atoms with Crippen molar-refractivity contribution in [2.75, 3.05) is 26.4 Å². The molecule has 0 aliphatic heterocycles. The highest BCUT2D eigenvalue weighted by Crippen LogP contribution is 2.16. The van der Waals surface area contributed by atoms with E-state index >= 15 is 0 Å². The first-order chi connectivity index (χ1) is 11.0. The summed E-state index contributed by atoms with van der Waals surface area (Å²) in [5.41, 5.74) is 0.420. The van der Waals surface area contributed by atoms with Gasteiger partial charge < -0.3 is 19.9 Å². The molecule has 0 aromatic heterocycles. The molecule has 0 saturated heterocycles. The lowest BCUT2D eigenvalue weighted by atomic mass is 9.99. The van der Waals surface area contributed by atoms with Gasteiger partial charge in [-0.05, 0) is 31.5 Å². The van der Waals surface area contributed by atoms with Gasteiger partial charge in [-0.25, -0.2) is 4.39 Å². The first-order valence-electron chi connectivity index (χ1n) is 7.41. The van der Waals surface area contributed by atoms with Gasteiger partial charge in [0.15, 0.2) is 0 Å². The zero-order valence-corrected chi connectivity index (χ0v) is 13.3. The highest BCUT2D eigenvalue weighted by atomic mass is 19.1. The Labute approximate surface area is 134 Å². The molecule has 6 nitrogen and oxygen atoms in total. The lowest BCUT2D eigenvalue weighted by molar-refractivity contribution is -0.139. The van der Waals surface area contributed by atoms with E-state index in [1.54, 1.807) is 6.92 Å². The third-order valence-corrected chi connectivity index (χ3v) is 3.22. The fourth-order valence-corrected chi connectivity index (χ4v) is 1.89. The number of aliphatic carboxylic acids is 1. The second-order valence-electron chi connectivity index (χ2n) is 4.90. The summed E-state index contributed by atoms with van der Waals surface area (Å²) in [4.78, 5) is 23.2. The lowest BCUT2D eigenvalue weighted by Gasteiger charge is -2.17. The minimum absolute atomic E-state index is 0.0983. The van der Waals surface area contributed by atoms with Crippen molar-refractivity contribution < 1.29 is 28.6 Å². The van der Waals surface area contributed by atoms with Crippen LogP contribution in [0.4, 0.5) is 4.39 Å². The largest absolute Gasteiger partial charge is 0.481 e. The van der Waals surface area contributed by atoms with E-state index < -0.39 is 29.7 Å². The number of nitrogens with one attached hydrogen (secondary N) is 1. The third-order valence-electron chi connectivity index (χ3n) is 3.22. The third kappa shape index (κ3) is 6.75.